The summed E-state index contributed by atoms with van der Waals surface area (Å²) in [5, 5.41) is 13.6. The van der Waals surface area contributed by atoms with Crippen LogP contribution >= 0.6 is 11.8 Å². The summed E-state index contributed by atoms with van der Waals surface area (Å²) in [6.07, 6.45) is -1.02. The minimum absolute atomic E-state index is 0.0297. The largest absolute Gasteiger partial charge is 0.452 e. The maximum absolute atomic E-state index is 12.1. The van der Waals surface area contributed by atoms with Crippen LogP contribution in [-0.2, 0) is 14.3 Å². The highest BCUT2D eigenvalue weighted by Crippen LogP contribution is 2.17. The Morgan fingerprint density at radius 1 is 1.22 bits per heavy atom. The number of aromatic nitrogens is 2. The van der Waals surface area contributed by atoms with E-state index < -0.39 is 22.9 Å². The van der Waals surface area contributed by atoms with E-state index >= 15 is 0 Å². The fraction of sp³-hybridized carbons (Fsp3) is 0.294. The maximum Gasteiger partial charge on any atom is 0.317 e. The van der Waals surface area contributed by atoms with Crippen molar-refractivity contribution in [2.75, 3.05) is 11.1 Å². The Hall–Kier alpha value is -3.01. The highest BCUT2D eigenvalue weighted by atomic mass is 32.2. The summed E-state index contributed by atoms with van der Waals surface area (Å²) in [5.41, 5.74) is 1.88. The molecule has 0 aliphatic carbocycles. The molecule has 0 aliphatic rings. The van der Waals surface area contributed by atoms with Crippen molar-refractivity contribution in [2.24, 2.45) is 0 Å². The molecule has 0 saturated carbocycles. The minimum Gasteiger partial charge on any atom is -0.452 e. The average molecular weight is 390 g/mol. The number of non-ortho nitro benzene ring substituents is 1. The lowest BCUT2D eigenvalue weighted by atomic mass is 10.2. The Morgan fingerprint density at radius 2 is 1.81 bits per heavy atom. The van der Waals surface area contributed by atoms with E-state index in [-0.39, 0.29) is 11.4 Å². The van der Waals surface area contributed by atoms with E-state index in [9.17, 15) is 19.7 Å². The number of benzene rings is 1. The molecule has 0 saturated heterocycles. The van der Waals surface area contributed by atoms with Crippen molar-refractivity contribution in [3.05, 3.63) is 51.8 Å². The summed E-state index contributed by atoms with van der Waals surface area (Å²) in [7, 11) is 0. The SMILES string of the molecule is Cc1cc(C)nc(SCC(=O)OC(C)C(=O)Nc2ccc([N+](=O)[O-])cc2)n1. The van der Waals surface area contributed by atoms with E-state index in [1.165, 1.54) is 31.2 Å². The summed E-state index contributed by atoms with van der Waals surface area (Å²) < 4.78 is 5.09. The molecule has 0 radical (unpaired) electrons. The smallest absolute Gasteiger partial charge is 0.317 e. The molecule has 1 unspecified atom stereocenters. The zero-order valence-corrected chi connectivity index (χ0v) is 15.8. The number of hydrogen-bond acceptors (Lipinski definition) is 8. The predicted octanol–water partition coefficient (Wildman–Crippen LogP) is 2.66. The van der Waals surface area contributed by atoms with Crippen LogP contribution in [0.15, 0.2) is 35.5 Å². The Bertz CT molecular complexity index is 837. The quantitative estimate of drug-likeness (QED) is 0.251. The number of ether oxygens (including phenoxy) is 1. The number of thioether (sulfide) groups is 1. The third-order valence-corrected chi connectivity index (χ3v) is 4.12. The van der Waals surface area contributed by atoms with Crippen LogP contribution in [0.2, 0.25) is 0 Å². The lowest BCUT2D eigenvalue weighted by molar-refractivity contribution is -0.384. The van der Waals surface area contributed by atoms with Crippen LogP contribution in [0.4, 0.5) is 11.4 Å². The highest BCUT2D eigenvalue weighted by molar-refractivity contribution is 7.99. The lowest BCUT2D eigenvalue weighted by Gasteiger charge is -2.13. The molecule has 10 heteroatoms. The summed E-state index contributed by atoms with van der Waals surface area (Å²) >= 11 is 1.13. The number of nitro groups is 1. The number of carbonyl (C=O) groups is 2. The number of anilines is 1. The van der Waals surface area contributed by atoms with Gasteiger partial charge in [0.15, 0.2) is 11.3 Å². The number of aryl methyl sites for hydroxylation is 2. The Morgan fingerprint density at radius 3 is 2.37 bits per heavy atom. The van der Waals surface area contributed by atoms with E-state index in [0.29, 0.717) is 10.8 Å². The van der Waals surface area contributed by atoms with Gasteiger partial charge in [-0.3, -0.25) is 19.7 Å². The number of esters is 1. The lowest BCUT2D eigenvalue weighted by Crippen LogP contribution is -2.30. The molecular formula is C17H18N4O5S. The first-order valence-corrected chi connectivity index (χ1v) is 8.93. The zero-order valence-electron chi connectivity index (χ0n) is 15.0. The van der Waals surface area contributed by atoms with E-state index in [1.54, 1.807) is 0 Å². The van der Waals surface area contributed by atoms with E-state index in [0.717, 1.165) is 23.1 Å². The summed E-state index contributed by atoms with van der Waals surface area (Å²) in [6.45, 7) is 5.11. The molecule has 1 atom stereocenters. The van der Waals surface area contributed by atoms with Crippen molar-refractivity contribution < 1.29 is 19.2 Å². The van der Waals surface area contributed by atoms with Gasteiger partial charge in [0, 0.05) is 29.2 Å². The van der Waals surface area contributed by atoms with Gasteiger partial charge in [-0.2, -0.15) is 0 Å². The highest BCUT2D eigenvalue weighted by Gasteiger charge is 2.19. The van der Waals surface area contributed by atoms with Gasteiger partial charge >= 0.3 is 5.97 Å². The third-order valence-electron chi connectivity index (χ3n) is 3.30. The van der Waals surface area contributed by atoms with Crippen molar-refractivity contribution in [1.29, 1.82) is 0 Å². The van der Waals surface area contributed by atoms with Crippen LogP contribution in [0.3, 0.4) is 0 Å². The molecule has 1 heterocycles. The van der Waals surface area contributed by atoms with Crippen LogP contribution < -0.4 is 5.32 Å². The molecular weight excluding hydrogens is 372 g/mol. The predicted molar refractivity (Wildman–Crippen MR) is 99.5 cm³/mol. The molecule has 1 amide bonds. The van der Waals surface area contributed by atoms with Crippen molar-refractivity contribution in [3.8, 4) is 0 Å². The fourth-order valence-electron chi connectivity index (χ4n) is 2.08. The number of nitrogens with zero attached hydrogens (tertiary/aromatic N) is 3. The number of rotatable bonds is 7. The molecule has 9 nitrogen and oxygen atoms in total. The fourth-order valence-corrected chi connectivity index (χ4v) is 2.81. The first kappa shape index (κ1) is 20.3. The van der Waals surface area contributed by atoms with Crippen LogP contribution in [0, 0.1) is 24.0 Å². The van der Waals surface area contributed by atoms with Gasteiger partial charge in [-0.05, 0) is 39.0 Å². The van der Waals surface area contributed by atoms with Crippen molar-refractivity contribution in [2.45, 2.75) is 32.0 Å². The van der Waals surface area contributed by atoms with Crippen LogP contribution in [-0.4, -0.2) is 38.6 Å². The standard InChI is InChI=1S/C17H18N4O5S/c1-10-8-11(2)19-17(18-10)27-9-15(22)26-12(3)16(23)20-13-4-6-14(7-5-13)21(24)25/h4-8,12H,9H2,1-3H3,(H,20,23). The molecule has 1 aromatic carbocycles. The molecule has 0 aliphatic heterocycles. The second kappa shape index (κ2) is 9.08. The van der Waals surface area contributed by atoms with Gasteiger partial charge in [0.2, 0.25) is 0 Å². The van der Waals surface area contributed by atoms with Crippen LogP contribution in [0.25, 0.3) is 0 Å². The average Bonchev–Trinajstić information content (AvgIpc) is 2.59. The molecule has 0 bridgehead atoms. The van der Waals surface area contributed by atoms with Gasteiger partial charge in [-0.15, -0.1) is 0 Å². The number of amides is 1. The maximum atomic E-state index is 12.1. The number of hydrogen-bond donors (Lipinski definition) is 1. The Balaban J connectivity index is 1.84. The van der Waals surface area contributed by atoms with Crippen LogP contribution in [0.5, 0.6) is 0 Å². The van der Waals surface area contributed by atoms with Crippen molar-refractivity contribution in [3.63, 3.8) is 0 Å². The molecule has 0 fully saturated rings. The second-order valence-corrected chi connectivity index (χ2v) is 6.59. The van der Waals surface area contributed by atoms with Gasteiger partial charge in [-0.25, -0.2) is 9.97 Å². The monoisotopic (exact) mass is 390 g/mol. The number of nitrogens with one attached hydrogen (secondary N) is 1. The Labute approximate surface area is 159 Å². The molecule has 27 heavy (non-hydrogen) atoms. The Kier molecular flexibility index (Phi) is 6.83. The van der Waals surface area contributed by atoms with Crippen molar-refractivity contribution in [1.82, 2.24) is 9.97 Å². The van der Waals surface area contributed by atoms with E-state index in [4.69, 9.17) is 4.74 Å². The van der Waals surface area contributed by atoms with E-state index in [1.807, 2.05) is 19.9 Å². The summed E-state index contributed by atoms with van der Waals surface area (Å²) in [5.74, 6) is -1.14. The molecule has 1 aromatic heterocycles. The topological polar surface area (TPSA) is 124 Å². The normalized spacial score (nSPS) is 11.5. The van der Waals surface area contributed by atoms with Gasteiger partial charge < -0.3 is 10.1 Å². The third kappa shape index (κ3) is 6.33. The second-order valence-electron chi connectivity index (χ2n) is 5.65. The summed E-state index contributed by atoms with van der Waals surface area (Å²) in [4.78, 5) is 42.5. The van der Waals surface area contributed by atoms with Gasteiger partial charge in [0.1, 0.15) is 0 Å². The number of carbonyl (C=O) groups excluding carboxylic acids is 2. The first-order chi connectivity index (χ1) is 12.7. The minimum atomic E-state index is -1.02. The summed E-state index contributed by atoms with van der Waals surface area (Å²) in [6, 6.07) is 7.17. The van der Waals surface area contributed by atoms with Gasteiger partial charge in [-0.1, -0.05) is 11.8 Å². The van der Waals surface area contributed by atoms with Crippen molar-refractivity contribution >= 4 is 35.0 Å². The van der Waals surface area contributed by atoms with Crippen LogP contribution in [0.1, 0.15) is 18.3 Å². The van der Waals surface area contributed by atoms with Gasteiger partial charge in [0.25, 0.3) is 11.6 Å². The molecule has 2 rings (SSSR count). The molecule has 142 valence electrons. The van der Waals surface area contributed by atoms with E-state index in [2.05, 4.69) is 15.3 Å². The first-order valence-electron chi connectivity index (χ1n) is 7.94. The van der Waals surface area contributed by atoms with Gasteiger partial charge in [0.05, 0.1) is 10.7 Å². The molecule has 0 spiro atoms. The molecule has 2 aromatic rings. The number of nitro benzene ring substituents is 1. The molecule has 1 N–H and O–H groups in total. The zero-order chi connectivity index (χ0) is 20.0.